The zero-order valence-corrected chi connectivity index (χ0v) is 14.2. The Morgan fingerprint density at radius 1 is 1.21 bits per heavy atom. The fraction of sp³-hybridized carbons (Fsp3) is 0.421. The number of aromatic nitrogens is 2. The summed E-state index contributed by atoms with van der Waals surface area (Å²) in [6, 6.07) is 8.24. The lowest BCUT2D eigenvalue weighted by Gasteiger charge is -2.39. The predicted octanol–water partition coefficient (Wildman–Crippen LogP) is 2.59. The topological polar surface area (TPSA) is 58.1 Å². The van der Waals surface area contributed by atoms with Gasteiger partial charge < -0.3 is 10.2 Å². The average molecular weight is 322 g/mol. The third-order valence-electron chi connectivity index (χ3n) is 5.15. The fourth-order valence-corrected chi connectivity index (χ4v) is 3.52. The summed E-state index contributed by atoms with van der Waals surface area (Å²) < 4.78 is 0. The molecule has 1 aliphatic carbocycles. The van der Waals surface area contributed by atoms with E-state index in [1.54, 1.807) is 7.05 Å². The van der Waals surface area contributed by atoms with E-state index in [4.69, 9.17) is 9.97 Å². The van der Waals surface area contributed by atoms with E-state index in [1.165, 1.54) is 17.7 Å². The van der Waals surface area contributed by atoms with Crippen molar-refractivity contribution in [3.05, 3.63) is 41.1 Å². The minimum atomic E-state index is -0.0652. The van der Waals surface area contributed by atoms with Crippen molar-refractivity contribution in [2.45, 2.75) is 38.6 Å². The molecule has 1 fully saturated rings. The zero-order valence-electron chi connectivity index (χ0n) is 14.2. The van der Waals surface area contributed by atoms with Gasteiger partial charge in [0.2, 0.25) is 5.95 Å². The van der Waals surface area contributed by atoms with Crippen molar-refractivity contribution in [1.82, 2.24) is 15.3 Å². The van der Waals surface area contributed by atoms with E-state index in [-0.39, 0.29) is 5.91 Å². The summed E-state index contributed by atoms with van der Waals surface area (Å²) >= 11 is 0. The lowest BCUT2D eigenvalue weighted by atomic mass is 10.0. The predicted molar refractivity (Wildman–Crippen MR) is 94.3 cm³/mol. The first-order valence-electron chi connectivity index (χ1n) is 8.66. The molecule has 4 rings (SSSR count). The quantitative estimate of drug-likeness (QED) is 0.943. The van der Waals surface area contributed by atoms with Crippen LogP contribution in [0.1, 0.15) is 41.4 Å². The minimum Gasteiger partial charge on any atom is -0.355 e. The molecule has 5 heteroatoms. The molecule has 2 aromatic rings. The first-order valence-corrected chi connectivity index (χ1v) is 8.66. The number of anilines is 1. The fourth-order valence-electron chi connectivity index (χ4n) is 3.52. The van der Waals surface area contributed by atoms with Gasteiger partial charge in [-0.2, -0.15) is 0 Å². The Labute approximate surface area is 142 Å². The summed E-state index contributed by atoms with van der Waals surface area (Å²) in [5, 5.41) is 2.66. The molecule has 0 saturated carbocycles. The first kappa shape index (κ1) is 15.1. The molecule has 1 saturated heterocycles. The van der Waals surface area contributed by atoms with Crippen LogP contribution in [0.2, 0.25) is 0 Å². The van der Waals surface area contributed by atoms with E-state index in [0.717, 1.165) is 43.0 Å². The molecule has 1 N–H and O–H groups in total. The lowest BCUT2D eigenvalue weighted by molar-refractivity contribution is 0.0963. The van der Waals surface area contributed by atoms with Gasteiger partial charge in [-0.3, -0.25) is 4.79 Å². The van der Waals surface area contributed by atoms with Crippen molar-refractivity contribution in [2.75, 3.05) is 18.5 Å². The Hall–Kier alpha value is -2.43. The standard InChI is InChI=1S/C19H22N4O/c1-12-10-11-23(12)19-21-16-5-3-4-15(16)17(22-19)13-6-8-14(9-7-13)18(24)20-2/h6-9,12H,3-5,10-11H2,1-2H3,(H,20,24)/t12-/m0/s1. The van der Waals surface area contributed by atoms with Crippen molar-refractivity contribution < 1.29 is 4.79 Å². The maximum Gasteiger partial charge on any atom is 0.251 e. The van der Waals surface area contributed by atoms with Crippen LogP contribution in [0.15, 0.2) is 24.3 Å². The molecule has 1 amide bonds. The smallest absolute Gasteiger partial charge is 0.251 e. The van der Waals surface area contributed by atoms with Crippen molar-refractivity contribution in [1.29, 1.82) is 0 Å². The van der Waals surface area contributed by atoms with E-state index >= 15 is 0 Å². The van der Waals surface area contributed by atoms with E-state index in [1.807, 2.05) is 24.3 Å². The van der Waals surface area contributed by atoms with Gasteiger partial charge in [0, 0.05) is 42.0 Å². The van der Waals surface area contributed by atoms with E-state index < -0.39 is 0 Å². The monoisotopic (exact) mass is 322 g/mol. The Kier molecular flexibility index (Phi) is 3.71. The van der Waals surface area contributed by atoms with Crippen LogP contribution in [0.25, 0.3) is 11.3 Å². The molecule has 1 aromatic carbocycles. The normalized spacial score (nSPS) is 18.9. The number of aryl methyl sites for hydroxylation is 1. The Balaban J connectivity index is 1.75. The maximum atomic E-state index is 11.7. The summed E-state index contributed by atoms with van der Waals surface area (Å²) in [5.74, 6) is 0.796. The first-order chi connectivity index (χ1) is 11.7. The van der Waals surface area contributed by atoms with Crippen LogP contribution in [-0.4, -0.2) is 35.5 Å². The molecular formula is C19H22N4O. The molecule has 1 aromatic heterocycles. The second-order valence-electron chi connectivity index (χ2n) is 6.64. The molecule has 124 valence electrons. The molecule has 2 heterocycles. The van der Waals surface area contributed by atoms with Gasteiger partial charge in [0.25, 0.3) is 5.91 Å². The van der Waals surface area contributed by atoms with Gasteiger partial charge in [0.15, 0.2) is 0 Å². The highest BCUT2D eigenvalue weighted by atomic mass is 16.1. The van der Waals surface area contributed by atoms with Crippen LogP contribution in [0.4, 0.5) is 5.95 Å². The molecule has 1 aliphatic heterocycles. The molecular weight excluding hydrogens is 300 g/mol. The Morgan fingerprint density at radius 2 is 2.00 bits per heavy atom. The van der Waals surface area contributed by atoms with Crippen molar-refractivity contribution in [2.24, 2.45) is 0 Å². The maximum absolute atomic E-state index is 11.7. The molecule has 0 bridgehead atoms. The van der Waals surface area contributed by atoms with Crippen LogP contribution >= 0.6 is 0 Å². The van der Waals surface area contributed by atoms with Gasteiger partial charge in [-0.05, 0) is 44.7 Å². The van der Waals surface area contributed by atoms with Crippen LogP contribution in [0, 0.1) is 0 Å². The summed E-state index contributed by atoms with van der Waals surface area (Å²) in [6.45, 7) is 3.26. The lowest BCUT2D eigenvalue weighted by Crippen LogP contribution is -2.46. The number of carbonyl (C=O) groups excluding carboxylic acids is 1. The number of hydrogen-bond acceptors (Lipinski definition) is 4. The van der Waals surface area contributed by atoms with Gasteiger partial charge in [-0.1, -0.05) is 12.1 Å². The summed E-state index contributed by atoms with van der Waals surface area (Å²) in [5.41, 5.74) is 5.25. The molecule has 2 aliphatic rings. The zero-order chi connectivity index (χ0) is 16.7. The second kappa shape index (κ2) is 5.89. The van der Waals surface area contributed by atoms with Gasteiger partial charge in [0.05, 0.1) is 5.69 Å². The number of amides is 1. The number of nitrogens with zero attached hydrogens (tertiary/aromatic N) is 3. The Morgan fingerprint density at radius 3 is 2.62 bits per heavy atom. The van der Waals surface area contributed by atoms with E-state index in [9.17, 15) is 4.79 Å². The number of rotatable bonds is 3. The SMILES string of the molecule is CNC(=O)c1ccc(-c2nc(N3CC[C@@H]3C)nc3c2CCC3)cc1. The molecule has 1 atom stereocenters. The number of fused-ring (bicyclic) bond motifs is 1. The van der Waals surface area contributed by atoms with E-state index in [0.29, 0.717) is 11.6 Å². The number of carbonyl (C=O) groups is 1. The van der Waals surface area contributed by atoms with Crippen LogP contribution in [0.5, 0.6) is 0 Å². The summed E-state index contributed by atoms with van der Waals surface area (Å²) in [6.07, 6.45) is 4.43. The largest absolute Gasteiger partial charge is 0.355 e. The molecule has 5 nitrogen and oxygen atoms in total. The van der Waals surface area contributed by atoms with Gasteiger partial charge >= 0.3 is 0 Å². The highest BCUT2D eigenvalue weighted by molar-refractivity contribution is 5.94. The molecule has 24 heavy (non-hydrogen) atoms. The minimum absolute atomic E-state index is 0.0652. The van der Waals surface area contributed by atoms with Crippen molar-refractivity contribution >= 4 is 11.9 Å². The van der Waals surface area contributed by atoms with Crippen LogP contribution in [-0.2, 0) is 12.8 Å². The van der Waals surface area contributed by atoms with E-state index in [2.05, 4.69) is 17.1 Å². The van der Waals surface area contributed by atoms with Gasteiger partial charge in [0.1, 0.15) is 0 Å². The highest BCUT2D eigenvalue weighted by Gasteiger charge is 2.29. The van der Waals surface area contributed by atoms with Gasteiger partial charge in [-0.25, -0.2) is 9.97 Å². The number of benzene rings is 1. The third-order valence-corrected chi connectivity index (χ3v) is 5.15. The summed E-state index contributed by atoms with van der Waals surface area (Å²) in [4.78, 5) is 23.7. The second-order valence-corrected chi connectivity index (χ2v) is 6.64. The molecule has 0 spiro atoms. The third kappa shape index (κ3) is 2.44. The highest BCUT2D eigenvalue weighted by Crippen LogP contribution is 2.33. The van der Waals surface area contributed by atoms with Crippen LogP contribution in [0.3, 0.4) is 0 Å². The number of hydrogen-bond donors (Lipinski definition) is 1. The van der Waals surface area contributed by atoms with Crippen molar-refractivity contribution in [3.8, 4) is 11.3 Å². The summed E-state index contributed by atoms with van der Waals surface area (Å²) in [7, 11) is 1.65. The average Bonchev–Trinajstić information content (AvgIpc) is 3.07. The van der Waals surface area contributed by atoms with Crippen molar-refractivity contribution in [3.63, 3.8) is 0 Å². The van der Waals surface area contributed by atoms with Crippen LogP contribution < -0.4 is 10.2 Å². The molecule has 0 radical (unpaired) electrons. The van der Waals surface area contributed by atoms with Gasteiger partial charge in [-0.15, -0.1) is 0 Å². The number of nitrogens with one attached hydrogen (secondary N) is 1. The Bertz CT molecular complexity index is 785. The molecule has 0 unspecified atom stereocenters.